The topological polar surface area (TPSA) is 97.0 Å². The molecule has 0 spiro atoms. The summed E-state index contributed by atoms with van der Waals surface area (Å²) in [5.41, 5.74) is 3.34. The molecule has 1 heterocycles. The van der Waals surface area contributed by atoms with Crippen molar-refractivity contribution in [3.63, 3.8) is 0 Å². The van der Waals surface area contributed by atoms with Crippen LogP contribution in [0.5, 0.6) is 0 Å². The van der Waals surface area contributed by atoms with Crippen LogP contribution in [0.3, 0.4) is 0 Å². The predicted octanol–water partition coefficient (Wildman–Crippen LogP) is 2.99. The Morgan fingerprint density at radius 3 is 2.63 bits per heavy atom. The van der Waals surface area contributed by atoms with Crippen LogP contribution in [0.2, 0.25) is 0 Å². The third-order valence-corrected chi connectivity index (χ3v) is 5.23. The van der Waals surface area contributed by atoms with E-state index in [0.717, 1.165) is 11.1 Å². The fourth-order valence-corrected chi connectivity index (χ4v) is 3.85. The number of rotatable bonds is 7. The van der Waals surface area contributed by atoms with Gasteiger partial charge in [0.15, 0.2) is 5.16 Å². The number of carbonyl (C=O) groups excluding carboxylic acids is 1. The molecular weight excluding hydrogens is 400 g/mol. The highest BCUT2D eigenvalue weighted by Gasteiger charge is 2.16. The number of hydrogen-bond acceptors (Lipinski definition) is 6. The third kappa shape index (κ3) is 4.70. The molecule has 7 nitrogen and oxygen atoms in total. The number of methoxy groups -OCH3 is 1. The molecule has 3 aromatic rings. The molecule has 0 radical (unpaired) electrons. The van der Waals surface area contributed by atoms with Crippen molar-refractivity contribution in [1.82, 2.24) is 14.9 Å². The van der Waals surface area contributed by atoms with Gasteiger partial charge < -0.3 is 10.1 Å². The van der Waals surface area contributed by atoms with Crippen LogP contribution in [0.25, 0.3) is 16.6 Å². The van der Waals surface area contributed by atoms with Crippen molar-refractivity contribution >= 4 is 28.6 Å². The first-order valence-corrected chi connectivity index (χ1v) is 10.4. The van der Waals surface area contributed by atoms with Gasteiger partial charge in [0.25, 0.3) is 11.5 Å². The highest BCUT2D eigenvalue weighted by molar-refractivity contribution is 7.99. The van der Waals surface area contributed by atoms with Gasteiger partial charge in [-0.05, 0) is 55.3 Å². The zero-order valence-electron chi connectivity index (χ0n) is 17.1. The standard InChI is InChI=1S/C22H22N4O3S/c1-14-10-15(2)12-17(11-14)26-21(28)18-5-4-16(20(27)24-7-8-29-3)13-19(18)25-22(26)30-9-6-23/h4-5,10-13H,7-9H2,1-3H3,(H,24,27). The number of thioether (sulfide) groups is 1. The van der Waals surface area contributed by atoms with E-state index >= 15 is 0 Å². The molecule has 30 heavy (non-hydrogen) atoms. The van der Waals surface area contributed by atoms with Gasteiger partial charge in [0.2, 0.25) is 0 Å². The maximum atomic E-state index is 13.3. The minimum atomic E-state index is -0.263. The van der Waals surface area contributed by atoms with Crippen molar-refractivity contribution in [3.05, 3.63) is 63.4 Å². The van der Waals surface area contributed by atoms with Gasteiger partial charge in [-0.1, -0.05) is 17.8 Å². The summed E-state index contributed by atoms with van der Waals surface area (Å²) < 4.78 is 6.47. The lowest BCUT2D eigenvalue weighted by Gasteiger charge is -2.14. The second-order valence-corrected chi connectivity index (χ2v) is 7.75. The van der Waals surface area contributed by atoms with E-state index in [4.69, 9.17) is 10.00 Å². The number of fused-ring (bicyclic) bond motifs is 1. The lowest BCUT2D eigenvalue weighted by atomic mass is 10.1. The van der Waals surface area contributed by atoms with Crippen LogP contribution < -0.4 is 10.9 Å². The van der Waals surface area contributed by atoms with Crippen LogP contribution in [-0.4, -0.2) is 41.5 Å². The molecule has 0 saturated carbocycles. The number of aryl methyl sites for hydroxylation is 2. The summed E-state index contributed by atoms with van der Waals surface area (Å²) in [5, 5.41) is 12.6. The molecule has 0 unspecified atom stereocenters. The molecule has 0 bridgehead atoms. The SMILES string of the molecule is COCCNC(=O)c1ccc2c(=O)n(-c3cc(C)cc(C)c3)c(SCC#N)nc2c1. The highest BCUT2D eigenvalue weighted by atomic mass is 32.2. The zero-order chi connectivity index (χ0) is 21.7. The molecule has 2 aromatic carbocycles. The van der Waals surface area contributed by atoms with Gasteiger partial charge in [0.1, 0.15) is 0 Å². The average molecular weight is 423 g/mol. The van der Waals surface area contributed by atoms with Crippen LogP contribution >= 0.6 is 11.8 Å². The van der Waals surface area contributed by atoms with Gasteiger partial charge in [0, 0.05) is 19.2 Å². The van der Waals surface area contributed by atoms with E-state index in [2.05, 4.69) is 16.4 Å². The van der Waals surface area contributed by atoms with E-state index in [1.165, 1.54) is 16.3 Å². The van der Waals surface area contributed by atoms with Crippen LogP contribution in [0.15, 0.2) is 46.3 Å². The van der Waals surface area contributed by atoms with Crippen LogP contribution in [0.4, 0.5) is 0 Å². The van der Waals surface area contributed by atoms with Crippen molar-refractivity contribution in [2.75, 3.05) is 26.0 Å². The smallest absolute Gasteiger partial charge is 0.266 e. The van der Waals surface area contributed by atoms with Crippen LogP contribution in [0, 0.1) is 25.2 Å². The summed E-state index contributed by atoms with van der Waals surface area (Å²) in [7, 11) is 1.56. The van der Waals surface area contributed by atoms with Crippen molar-refractivity contribution in [2.45, 2.75) is 19.0 Å². The average Bonchev–Trinajstić information content (AvgIpc) is 2.71. The first-order chi connectivity index (χ1) is 14.4. The summed E-state index contributed by atoms with van der Waals surface area (Å²) >= 11 is 1.19. The largest absolute Gasteiger partial charge is 0.383 e. The maximum Gasteiger partial charge on any atom is 0.266 e. The molecule has 1 amide bonds. The van der Waals surface area contributed by atoms with Crippen molar-refractivity contribution in [2.24, 2.45) is 0 Å². The number of ether oxygens (including phenoxy) is 1. The zero-order valence-corrected chi connectivity index (χ0v) is 17.9. The Hall–Kier alpha value is -3.15. The Morgan fingerprint density at radius 1 is 1.23 bits per heavy atom. The van der Waals surface area contributed by atoms with E-state index in [0.29, 0.717) is 40.5 Å². The Kier molecular flexibility index (Phi) is 6.87. The number of aromatic nitrogens is 2. The monoisotopic (exact) mass is 422 g/mol. The molecule has 0 aliphatic carbocycles. The number of nitriles is 1. The minimum absolute atomic E-state index is 0.153. The Labute approximate surface area is 178 Å². The number of carbonyl (C=O) groups is 1. The number of nitrogens with zero attached hydrogens (tertiary/aromatic N) is 3. The van der Waals surface area contributed by atoms with Crippen molar-refractivity contribution in [3.8, 4) is 11.8 Å². The molecular formula is C22H22N4O3S. The van der Waals surface area contributed by atoms with Gasteiger partial charge in [-0.2, -0.15) is 5.26 Å². The van der Waals surface area contributed by atoms with Gasteiger partial charge in [-0.15, -0.1) is 0 Å². The van der Waals surface area contributed by atoms with Gasteiger partial charge in [-0.25, -0.2) is 4.98 Å². The second-order valence-electron chi connectivity index (χ2n) is 6.81. The summed E-state index contributed by atoms with van der Waals surface area (Å²) in [5.74, 6) is -0.111. The lowest BCUT2D eigenvalue weighted by Crippen LogP contribution is -2.27. The predicted molar refractivity (Wildman–Crippen MR) is 117 cm³/mol. The summed E-state index contributed by atoms with van der Waals surface area (Å²) in [4.78, 5) is 30.3. The Balaban J connectivity index is 2.14. The number of benzene rings is 2. The summed E-state index contributed by atoms with van der Waals surface area (Å²) in [6.07, 6.45) is 0. The van der Waals surface area contributed by atoms with Gasteiger partial charge in [-0.3, -0.25) is 14.2 Å². The van der Waals surface area contributed by atoms with Gasteiger partial charge >= 0.3 is 0 Å². The van der Waals surface area contributed by atoms with E-state index in [1.54, 1.807) is 25.3 Å². The highest BCUT2D eigenvalue weighted by Crippen LogP contribution is 2.23. The molecule has 1 aromatic heterocycles. The molecule has 0 aliphatic heterocycles. The lowest BCUT2D eigenvalue weighted by molar-refractivity contribution is 0.0937. The molecule has 154 valence electrons. The third-order valence-electron chi connectivity index (χ3n) is 4.42. The minimum Gasteiger partial charge on any atom is -0.383 e. The van der Waals surface area contributed by atoms with E-state index in [-0.39, 0.29) is 17.2 Å². The van der Waals surface area contributed by atoms with Crippen molar-refractivity contribution < 1.29 is 9.53 Å². The normalized spacial score (nSPS) is 10.7. The summed E-state index contributed by atoms with van der Waals surface area (Å²) in [6, 6.07) is 12.8. The van der Waals surface area contributed by atoms with Crippen LogP contribution in [0.1, 0.15) is 21.5 Å². The second kappa shape index (κ2) is 9.57. The Morgan fingerprint density at radius 2 is 1.97 bits per heavy atom. The van der Waals surface area contributed by atoms with Crippen LogP contribution in [-0.2, 0) is 4.74 Å². The fourth-order valence-electron chi connectivity index (χ4n) is 3.18. The van der Waals surface area contributed by atoms with Gasteiger partial charge in [0.05, 0.1) is 35.0 Å². The quantitative estimate of drug-likeness (QED) is 0.357. The number of amides is 1. The van der Waals surface area contributed by atoms with E-state index in [1.807, 2.05) is 32.0 Å². The van der Waals surface area contributed by atoms with Crippen molar-refractivity contribution in [1.29, 1.82) is 5.26 Å². The molecule has 0 aliphatic rings. The molecule has 0 fully saturated rings. The molecule has 8 heteroatoms. The maximum absolute atomic E-state index is 13.3. The molecule has 0 saturated heterocycles. The van der Waals surface area contributed by atoms with E-state index < -0.39 is 0 Å². The molecule has 0 atom stereocenters. The molecule has 3 rings (SSSR count). The van der Waals surface area contributed by atoms with E-state index in [9.17, 15) is 9.59 Å². The molecule has 1 N–H and O–H groups in total. The first kappa shape index (κ1) is 21.6. The Bertz CT molecular complexity index is 1180. The summed E-state index contributed by atoms with van der Waals surface area (Å²) in [6.45, 7) is 4.73. The number of nitrogens with one attached hydrogen (secondary N) is 1. The first-order valence-electron chi connectivity index (χ1n) is 9.37. The number of hydrogen-bond donors (Lipinski definition) is 1. The fraction of sp³-hybridized carbons (Fsp3) is 0.273.